The summed E-state index contributed by atoms with van der Waals surface area (Å²) in [5.41, 5.74) is 0.978. The fraction of sp³-hybridized carbons (Fsp3) is 0.455. The van der Waals surface area contributed by atoms with E-state index in [1.807, 2.05) is 18.2 Å². The van der Waals surface area contributed by atoms with Gasteiger partial charge in [-0.1, -0.05) is 22.0 Å². The number of pyridine rings is 1. The predicted molar refractivity (Wildman–Crippen MR) is 63.5 cm³/mol. The summed E-state index contributed by atoms with van der Waals surface area (Å²) < 4.78 is 9.88. The zero-order valence-electron chi connectivity index (χ0n) is 9.06. The standard InChI is InChI=1S/C11H14BrNO3/c1-15-11(14)10(12)8-16-7-5-9-4-2-3-6-13-9/h2-4,6,10H,5,7-8H2,1H3. The summed E-state index contributed by atoms with van der Waals surface area (Å²) in [7, 11) is 1.35. The van der Waals surface area contributed by atoms with Gasteiger partial charge in [0.1, 0.15) is 4.83 Å². The number of aromatic nitrogens is 1. The number of esters is 1. The SMILES string of the molecule is COC(=O)C(Br)COCCc1ccccn1. The van der Waals surface area contributed by atoms with Gasteiger partial charge < -0.3 is 9.47 Å². The van der Waals surface area contributed by atoms with Crippen LogP contribution in [0.15, 0.2) is 24.4 Å². The van der Waals surface area contributed by atoms with Gasteiger partial charge in [0.25, 0.3) is 0 Å². The number of carbonyl (C=O) groups is 1. The summed E-state index contributed by atoms with van der Waals surface area (Å²) in [6.07, 6.45) is 2.48. The third-order valence-electron chi connectivity index (χ3n) is 1.95. The maximum Gasteiger partial charge on any atom is 0.321 e. The first-order valence-electron chi connectivity index (χ1n) is 4.93. The van der Waals surface area contributed by atoms with Gasteiger partial charge in [-0.2, -0.15) is 0 Å². The van der Waals surface area contributed by atoms with Gasteiger partial charge in [-0.3, -0.25) is 9.78 Å². The van der Waals surface area contributed by atoms with E-state index in [9.17, 15) is 4.79 Å². The summed E-state index contributed by atoms with van der Waals surface area (Å²) in [5.74, 6) is -0.321. The minimum Gasteiger partial charge on any atom is -0.468 e. The lowest BCUT2D eigenvalue weighted by Gasteiger charge is -2.08. The van der Waals surface area contributed by atoms with Gasteiger partial charge in [-0.15, -0.1) is 0 Å². The molecule has 0 radical (unpaired) electrons. The van der Waals surface area contributed by atoms with Crippen molar-refractivity contribution in [2.45, 2.75) is 11.2 Å². The van der Waals surface area contributed by atoms with Crippen molar-refractivity contribution in [3.63, 3.8) is 0 Å². The molecule has 0 aliphatic heterocycles. The number of methoxy groups -OCH3 is 1. The van der Waals surface area contributed by atoms with Gasteiger partial charge in [0.05, 0.1) is 20.3 Å². The van der Waals surface area contributed by atoms with Gasteiger partial charge in [-0.05, 0) is 12.1 Å². The smallest absolute Gasteiger partial charge is 0.321 e. The first kappa shape index (κ1) is 13.1. The Morgan fingerprint density at radius 2 is 2.38 bits per heavy atom. The molecule has 0 aliphatic carbocycles. The van der Waals surface area contributed by atoms with Gasteiger partial charge in [0.2, 0.25) is 0 Å². The molecule has 1 unspecified atom stereocenters. The van der Waals surface area contributed by atoms with E-state index in [-0.39, 0.29) is 5.97 Å². The molecule has 0 spiro atoms. The second-order valence-electron chi connectivity index (χ2n) is 3.14. The van der Waals surface area contributed by atoms with E-state index < -0.39 is 4.83 Å². The Hall–Kier alpha value is -0.940. The number of nitrogens with zero attached hydrogens (tertiary/aromatic N) is 1. The molecule has 0 N–H and O–H groups in total. The minimum absolute atomic E-state index is 0.305. The highest BCUT2D eigenvalue weighted by Crippen LogP contribution is 2.03. The fourth-order valence-corrected chi connectivity index (χ4v) is 1.48. The van der Waals surface area contributed by atoms with Crippen molar-refractivity contribution in [2.75, 3.05) is 20.3 Å². The van der Waals surface area contributed by atoms with Crippen molar-refractivity contribution < 1.29 is 14.3 Å². The molecule has 0 bridgehead atoms. The summed E-state index contributed by atoms with van der Waals surface area (Å²) in [4.78, 5) is 14.8. The second kappa shape index (κ2) is 7.35. The van der Waals surface area contributed by atoms with E-state index >= 15 is 0 Å². The van der Waals surface area contributed by atoms with Crippen LogP contribution in [0.25, 0.3) is 0 Å². The number of alkyl halides is 1. The number of hydrogen-bond acceptors (Lipinski definition) is 4. The van der Waals surface area contributed by atoms with Crippen LogP contribution in [0, 0.1) is 0 Å². The van der Waals surface area contributed by atoms with Crippen LogP contribution in [0.4, 0.5) is 0 Å². The zero-order chi connectivity index (χ0) is 11.8. The number of hydrogen-bond donors (Lipinski definition) is 0. The van der Waals surface area contributed by atoms with Crippen LogP contribution in [0.3, 0.4) is 0 Å². The Bertz CT molecular complexity index is 318. The Morgan fingerprint density at radius 1 is 1.56 bits per heavy atom. The largest absolute Gasteiger partial charge is 0.468 e. The lowest BCUT2D eigenvalue weighted by molar-refractivity contribution is -0.140. The van der Waals surface area contributed by atoms with E-state index in [2.05, 4.69) is 25.7 Å². The molecule has 0 saturated carbocycles. The molecule has 0 aliphatic rings. The van der Waals surface area contributed by atoms with E-state index in [0.29, 0.717) is 13.2 Å². The van der Waals surface area contributed by atoms with E-state index in [1.54, 1.807) is 6.20 Å². The topological polar surface area (TPSA) is 48.4 Å². The van der Waals surface area contributed by atoms with Crippen molar-refractivity contribution in [3.05, 3.63) is 30.1 Å². The molecule has 1 heterocycles. The van der Waals surface area contributed by atoms with Crippen LogP contribution >= 0.6 is 15.9 Å². The highest BCUT2D eigenvalue weighted by Gasteiger charge is 2.14. The summed E-state index contributed by atoms with van der Waals surface area (Å²) >= 11 is 3.17. The fourth-order valence-electron chi connectivity index (χ4n) is 1.11. The Balaban J connectivity index is 2.15. The molecule has 0 saturated heterocycles. The summed E-state index contributed by atoms with van der Waals surface area (Å²) in [5, 5.41) is 0. The maximum absolute atomic E-state index is 11.0. The molecule has 0 amide bonds. The van der Waals surface area contributed by atoms with Gasteiger partial charge in [0, 0.05) is 18.3 Å². The number of carbonyl (C=O) groups excluding carboxylic acids is 1. The average Bonchev–Trinajstić information content (AvgIpc) is 2.34. The minimum atomic E-state index is -0.402. The Morgan fingerprint density at radius 3 is 3.00 bits per heavy atom. The van der Waals surface area contributed by atoms with Crippen LogP contribution < -0.4 is 0 Å². The van der Waals surface area contributed by atoms with Crippen molar-refractivity contribution >= 4 is 21.9 Å². The Kier molecular flexibility index (Phi) is 6.03. The van der Waals surface area contributed by atoms with Crippen molar-refractivity contribution in [1.29, 1.82) is 0 Å². The molecule has 16 heavy (non-hydrogen) atoms. The third kappa shape index (κ3) is 4.72. The Labute approximate surface area is 103 Å². The zero-order valence-corrected chi connectivity index (χ0v) is 10.6. The van der Waals surface area contributed by atoms with Gasteiger partial charge in [0.15, 0.2) is 0 Å². The molecule has 1 rings (SSSR count). The second-order valence-corrected chi connectivity index (χ2v) is 4.24. The predicted octanol–water partition coefficient (Wildman–Crippen LogP) is 1.58. The molecule has 88 valence electrons. The monoisotopic (exact) mass is 287 g/mol. The molecule has 1 atom stereocenters. The molecular formula is C11H14BrNO3. The highest BCUT2D eigenvalue weighted by molar-refractivity contribution is 9.10. The summed E-state index contributed by atoms with van der Waals surface area (Å²) in [6, 6.07) is 5.75. The molecule has 1 aromatic rings. The molecule has 1 aromatic heterocycles. The van der Waals surface area contributed by atoms with Crippen LogP contribution in [-0.4, -0.2) is 36.1 Å². The first-order valence-corrected chi connectivity index (χ1v) is 5.85. The molecule has 0 aromatic carbocycles. The first-order chi connectivity index (χ1) is 7.74. The molecule has 5 heteroatoms. The van der Waals surface area contributed by atoms with Crippen LogP contribution in [-0.2, 0) is 20.7 Å². The van der Waals surface area contributed by atoms with E-state index in [1.165, 1.54) is 7.11 Å². The average molecular weight is 288 g/mol. The third-order valence-corrected chi connectivity index (χ3v) is 2.59. The molecule has 4 nitrogen and oxygen atoms in total. The van der Waals surface area contributed by atoms with Crippen LogP contribution in [0.1, 0.15) is 5.69 Å². The van der Waals surface area contributed by atoms with Crippen molar-refractivity contribution in [3.8, 4) is 0 Å². The quantitative estimate of drug-likeness (QED) is 0.453. The van der Waals surface area contributed by atoms with Gasteiger partial charge in [-0.25, -0.2) is 0 Å². The highest BCUT2D eigenvalue weighted by atomic mass is 79.9. The number of halogens is 1. The van der Waals surface area contributed by atoms with E-state index in [4.69, 9.17) is 4.74 Å². The van der Waals surface area contributed by atoms with Crippen LogP contribution in [0.5, 0.6) is 0 Å². The van der Waals surface area contributed by atoms with Gasteiger partial charge >= 0.3 is 5.97 Å². The van der Waals surface area contributed by atoms with Crippen molar-refractivity contribution in [2.24, 2.45) is 0 Å². The normalized spacial score (nSPS) is 12.1. The number of ether oxygens (including phenoxy) is 2. The van der Waals surface area contributed by atoms with Crippen molar-refractivity contribution in [1.82, 2.24) is 4.98 Å². The molecular weight excluding hydrogens is 274 g/mol. The summed E-state index contributed by atoms with van der Waals surface area (Å²) in [6.45, 7) is 0.843. The molecule has 0 fully saturated rings. The number of rotatable bonds is 6. The lowest BCUT2D eigenvalue weighted by atomic mass is 10.3. The van der Waals surface area contributed by atoms with E-state index in [0.717, 1.165) is 12.1 Å². The van der Waals surface area contributed by atoms with Crippen LogP contribution in [0.2, 0.25) is 0 Å². The lowest BCUT2D eigenvalue weighted by Crippen LogP contribution is -2.21. The maximum atomic E-state index is 11.0.